The number of aromatic nitrogens is 3. The molecule has 1 aromatic carbocycles. The van der Waals surface area contributed by atoms with Crippen molar-refractivity contribution in [3.63, 3.8) is 0 Å². The maximum Gasteiger partial charge on any atom is 0.435 e. The van der Waals surface area contributed by atoms with Crippen molar-refractivity contribution in [3.8, 4) is 16.8 Å². The molecule has 0 spiro atoms. The minimum atomic E-state index is -6.37. The average Bonchev–Trinajstić information content (AvgIpc) is 3.61. The Morgan fingerprint density at radius 3 is 2.09 bits per heavy atom. The molecule has 1 unspecified atom stereocenters. The van der Waals surface area contributed by atoms with E-state index in [1.54, 1.807) is 13.8 Å². The smallest absolute Gasteiger partial charge is 0.435 e. The Kier molecular flexibility index (Phi) is 8.98. The zero-order valence-corrected chi connectivity index (χ0v) is 24.3. The van der Waals surface area contributed by atoms with Crippen molar-refractivity contribution in [2.24, 2.45) is 0 Å². The third kappa shape index (κ3) is 6.27. The third-order valence-corrected chi connectivity index (χ3v) is 7.49. The summed E-state index contributed by atoms with van der Waals surface area (Å²) < 4.78 is 100. The Morgan fingerprint density at radius 1 is 1.00 bits per heavy atom. The zero-order valence-electron chi connectivity index (χ0n) is 22.0. The Morgan fingerprint density at radius 2 is 1.58 bits per heavy atom. The van der Waals surface area contributed by atoms with Crippen LogP contribution in [0.4, 0.5) is 35.5 Å². The quantitative estimate of drug-likeness (QED) is 0.185. The van der Waals surface area contributed by atoms with E-state index >= 15 is 0 Å². The summed E-state index contributed by atoms with van der Waals surface area (Å²) in [6, 6.07) is 1.27. The molecule has 43 heavy (non-hydrogen) atoms. The molecule has 7 nitrogen and oxygen atoms in total. The molecular formula is C26H20Cl3F7N4O3. The highest BCUT2D eigenvalue weighted by Crippen LogP contribution is 2.54. The van der Waals surface area contributed by atoms with Gasteiger partial charge in [0.05, 0.1) is 21.8 Å². The van der Waals surface area contributed by atoms with Crippen molar-refractivity contribution in [2.75, 3.05) is 0 Å². The summed E-state index contributed by atoms with van der Waals surface area (Å²) in [5.74, 6) is -0.756. The predicted octanol–water partition coefficient (Wildman–Crippen LogP) is 8.72. The van der Waals surface area contributed by atoms with Gasteiger partial charge in [0.2, 0.25) is 0 Å². The van der Waals surface area contributed by atoms with E-state index < -0.39 is 51.7 Å². The van der Waals surface area contributed by atoms with Crippen LogP contribution in [0.2, 0.25) is 15.2 Å². The first-order valence-electron chi connectivity index (χ1n) is 12.5. The Bertz CT molecular complexity index is 1520. The van der Waals surface area contributed by atoms with Gasteiger partial charge in [-0.1, -0.05) is 41.7 Å². The monoisotopic (exact) mass is 674 g/mol. The van der Waals surface area contributed by atoms with Gasteiger partial charge in [0.1, 0.15) is 16.9 Å². The van der Waals surface area contributed by atoms with E-state index in [0.29, 0.717) is 19.3 Å². The second kappa shape index (κ2) is 11.8. The SMILES string of the molecule is CCC(C)OC(=O)N(C(=O)c1cc(-c2cnn(-c3c(Cl)cc(C(F)(C(F)(F)F)C(F)(F)F)cc3Cl)c2)cnc1Cl)C1CC1. The molecule has 232 valence electrons. The number of pyridine rings is 1. The number of hydrogen-bond acceptors (Lipinski definition) is 5. The molecule has 1 saturated carbocycles. The molecule has 4 rings (SSSR count). The molecule has 1 atom stereocenters. The topological polar surface area (TPSA) is 77.3 Å². The van der Waals surface area contributed by atoms with Gasteiger partial charge in [-0.05, 0) is 44.4 Å². The number of carbonyl (C=O) groups excluding carboxylic acids is 2. The van der Waals surface area contributed by atoms with E-state index in [1.165, 1.54) is 24.7 Å². The molecule has 0 aliphatic heterocycles. The highest BCUT2D eigenvalue weighted by atomic mass is 35.5. The lowest BCUT2D eigenvalue weighted by atomic mass is 9.94. The summed E-state index contributed by atoms with van der Waals surface area (Å²) in [6.07, 6.45) is -8.63. The largest absolute Gasteiger partial charge is 0.446 e. The van der Waals surface area contributed by atoms with Crippen LogP contribution in [-0.4, -0.2) is 56.2 Å². The second-order valence-electron chi connectivity index (χ2n) is 9.69. The van der Waals surface area contributed by atoms with E-state index in [9.17, 15) is 40.3 Å². The van der Waals surface area contributed by atoms with Crippen molar-refractivity contribution in [3.05, 3.63) is 63.1 Å². The van der Waals surface area contributed by atoms with Crippen molar-refractivity contribution in [1.29, 1.82) is 0 Å². The zero-order chi connectivity index (χ0) is 32.1. The normalized spacial score (nSPS) is 14.9. The maximum atomic E-state index is 14.6. The van der Waals surface area contributed by atoms with Crippen LogP contribution in [0.5, 0.6) is 0 Å². The molecule has 3 aromatic rings. The van der Waals surface area contributed by atoms with Crippen LogP contribution in [-0.2, 0) is 10.4 Å². The molecule has 0 radical (unpaired) electrons. The molecule has 0 saturated heterocycles. The number of ether oxygens (including phenoxy) is 1. The van der Waals surface area contributed by atoms with Gasteiger partial charge in [-0.25, -0.2) is 23.8 Å². The van der Waals surface area contributed by atoms with Gasteiger partial charge in [-0.3, -0.25) is 4.79 Å². The van der Waals surface area contributed by atoms with E-state index in [-0.39, 0.29) is 45.7 Å². The second-order valence-corrected chi connectivity index (χ2v) is 10.9. The highest BCUT2D eigenvalue weighted by molar-refractivity contribution is 6.38. The molecule has 2 amide bonds. The first kappa shape index (κ1) is 32.8. The first-order valence-corrected chi connectivity index (χ1v) is 13.6. The van der Waals surface area contributed by atoms with Crippen LogP contribution in [0.3, 0.4) is 0 Å². The van der Waals surface area contributed by atoms with Gasteiger partial charge in [0.25, 0.3) is 5.91 Å². The summed E-state index contributed by atoms with van der Waals surface area (Å²) in [6.45, 7) is 3.48. The van der Waals surface area contributed by atoms with Crippen LogP contribution in [0, 0.1) is 0 Å². The van der Waals surface area contributed by atoms with Crippen molar-refractivity contribution in [2.45, 2.75) is 63.3 Å². The fourth-order valence-corrected chi connectivity index (χ4v) is 4.84. The molecule has 1 aliphatic rings. The van der Waals surface area contributed by atoms with Gasteiger partial charge in [0.15, 0.2) is 0 Å². The van der Waals surface area contributed by atoms with E-state index in [0.717, 1.165) is 9.58 Å². The van der Waals surface area contributed by atoms with E-state index in [4.69, 9.17) is 39.5 Å². The molecule has 0 bridgehead atoms. The molecule has 0 N–H and O–H groups in total. The minimum Gasteiger partial charge on any atom is -0.446 e. The number of halogens is 10. The van der Waals surface area contributed by atoms with Gasteiger partial charge < -0.3 is 4.74 Å². The Balaban J connectivity index is 1.69. The fraction of sp³-hybridized carbons (Fsp3) is 0.385. The minimum absolute atomic E-state index is 0.140. The van der Waals surface area contributed by atoms with Crippen LogP contribution < -0.4 is 0 Å². The number of alkyl halides is 7. The maximum absolute atomic E-state index is 14.6. The summed E-state index contributed by atoms with van der Waals surface area (Å²) in [5.41, 5.74) is -7.62. The van der Waals surface area contributed by atoms with Crippen molar-refractivity contribution in [1.82, 2.24) is 19.7 Å². The third-order valence-electron chi connectivity index (χ3n) is 6.61. The summed E-state index contributed by atoms with van der Waals surface area (Å²) in [7, 11) is 0. The molecule has 17 heteroatoms. The lowest BCUT2D eigenvalue weighted by Gasteiger charge is -2.30. The molecule has 2 aromatic heterocycles. The lowest BCUT2D eigenvalue weighted by molar-refractivity contribution is -0.348. The van der Waals surface area contributed by atoms with Crippen LogP contribution in [0.15, 0.2) is 36.8 Å². The van der Waals surface area contributed by atoms with Crippen LogP contribution >= 0.6 is 34.8 Å². The van der Waals surface area contributed by atoms with Gasteiger partial charge in [-0.15, -0.1) is 0 Å². The Hall–Kier alpha value is -3.10. The van der Waals surface area contributed by atoms with Crippen LogP contribution in [0.1, 0.15) is 49.0 Å². The number of carbonyl (C=O) groups is 2. The fourth-order valence-electron chi connectivity index (χ4n) is 3.99. The lowest BCUT2D eigenvalue weighted by Crippen LogP contribution is -2.50. The number of imide groups is 1. The number of benzene rings is 1. The first-order chi connectivity index (χ1) is 19.9. The number of amides is 2. The van der Waals surface area contributed by atoms with Gasteiger partial charge in [0, 0.05) is 35.1 Å². The summed E-state index contributed by atoms with van der Waals surface area (Å²) in [5, 5.41) is 2.25. The van der Waals surface area contributed by atoms with Crippen molar-refractivity contribution >= 4 is 46.8 Å². The van der Waals surface area contributed by atoms with Crippen LogP contribution in [0.25, 0.3) is 16.8 Å². The average molecular weight is 676 g/mol. The molecular weight excluding hydrogens is 656 g/mol. The van der Waals surface area contributed by atoms with Gasteiger partial charge >= 0.3 is 24.1 Å². The van der Waals surface area contributed by atoms with E-state index in [1.807, 2.05) is 0 Å². The summed E-state index contributed by atoms with van der Waals surface area (Å²) >= 11 is 18.2. The molecule has 1 fully saturated rings. The molecule has 1 aliphatic carbocycles. The number of hydrogen-bond donors (Lipinski definition) is 0. The summed E-state index contributed by atoms with van der Waals surface area (Å²) in [4.78, 5) is 31.1. The standard InChI is InChI=1S/C26H20Cl3F7N4O3/c1-3-12(2)43-23(42)40(16-4-5-16)22(41)17-6-13(9-37-21(17)29)14-10-38-39(11-14)20-18(27)7-15(8-19(20)28)24(30,25(31,32)33)26(34,35)36/h6-12,16H,3-5H2,1-2H3. The molecule has 2 heterocycles. The van der Waals surface area contributed by atoms with E-state index in [2.05, 4.69) is 10.1 Å². The van der Waals surface area contributed by atoms with Crippen molar-refractivity contribution < 1.29 is 45.1 Å². The predicted molar refractivity (Wildman–Crippen MR) is 142 cm³/mol. The number of nitrogens with zero attached hydrogens (tertiary/aromatic N) is 4. The van der Waals surface area contributed by atoms with Gasteiger partial charge in [-0.2, -0.15) is 31.4 Å². The number of rotatable bonds is 7. The highest BCUT2D eigenvalue weighted by Gasteiger charge is 2.73. The Labute approximate surface area is 254 Å².